The van der Waals surface area contributed by atoms with E-state index >= 15 is 0 Å². The lowest BCUT2D eigenvalue weighted by molar-refractivity contribution is -0.122. The van der Waals surface area contributed by atoms with Crippen LogP contribution in [0.5, 0.6) is 0 Å². The third-order valence-corrected chi connectivity index (χ3v) is 5.36. The van der Waals surface area contributed by atoms with Crippen LogP contribution < -0.4 is 16.0 Å². The van der Waals surface area contributed by atoms with Crippen LogP contribution in [-0.2, 0) is 22.4 Å². The molecule has 0 bridgehead atoms. The van der Waals surface area contributed by atoms with Crippen molar-refractivity contribution in [2.75, 3.05) is 10.6 Å². The van der Waals surface area contributed by atoms with Crippen molar-refractivity contribution >= 4 is 39.9 Å². The topological polar surface area (TPSA) is 100 Å². The van der Waals surface area contributed by atoms with Gasteiger partial charge in [0.2, 0.25) is 11.8 Å². The third-order valence-electron chi connectivity index (χ3n) is 4.28. The van der Waals surface area contributed by atoms with Gasteiger partial charge in [-0.1, -0.05) is 12.1 Å². The Bertz CT molecular complexity index is 855. The van der Waals surface area contributed by atoms with Crippen molar-refractivity contribution in [1.82, 2.24) is 10.3 Å². The van der Waals surface area contributed by atoms with Gasteiger partial charge in [0.15, 0.2) is 5.13 Å². The van der Waals surface area contributed by atoms with E-state index in [9.17, 15) is 14.4 Å². The molecule has 25 heavy (non-hydrogen) atoms. The van der Waals surface area contributed by atoms with Crippen molar-refractivity contribution < 1.29 is 14.4 Å². The summed E-state index contributed by atoms with van der Waals surface area (Å²) in [4.78, 5) is 42.4. The Morgan fingerprint density at radius 2 is 2.12 bits per heavy atom. The predicted molar refractivity (Wildman–Crippen MR) is 93.7 cm³/mol. The zero-order valence-electron chi connectivity index (χ0n) is 13.3. The number of hydrogen-bond donors (Lipinski definition) is 3. The molecule has 0 saturated carbocycles. The molecule has 1 aromatic heterocycles. The quantitative estimate of drug-likeness (QED) is 0.779. The highest BCUT2D eigenvalue weighted by Gasteiger charge is 2.29. The summed E-state index contributed by atoms with van der Waals surface area (Å²) >= 11 is 1.48. The number of rotatable bonds is 3. The first-order chi connectivity index (χ1) is 12.1. The minimum atomic E-state index is -0.924. The smallest absolute Gasteiger partial charge is 0.254 e. The minimum Gasteiger partial charge on any atom is -0.340 e. The molecule has 0 fully saturated rings. The molecule has 7 nitrogen and oxygen atoms in total. The van der Waals surface area contributed by atoms with Crippen LogP contribution in [0.2, 0.25) is 0 Å². The zero-order chi connectivity index (χ0) is 17.4. The van der Waals surface area contributed by atoms with Crippen LogP contribution in [-0.4, -0.2) is 28.7 Å². The van der Waals surface area contributed by atoms with Gasteiger partial charge in [0, 0.05) is 4.88 Å². The molecule has 2 aromatic rings. The molecular formula is C17H16N4O3S. The van der Waals surface area contributed by atoms with Crippen LogP contribution in [0.4, 0.5) is 10.8 Å². The molecule has 2 aliphatic rings. The number of para-hydroxylation sites is 1. The first-order valence-electron chi connectivity index (χ1n) is 8.09. The summed E-state index contributed by atoms with van der Waals surface area (Å²) in [5.41, 5.74) is 1.88. The highest BCUT2D eigenvalue weighted by atomic mass is 32.1. The molecule has 1 aliphatic carbocycles. The van der Waals surface area contributed by atoms with Gasteiger partial charge in [-0.05, 0) is 31.4 Å². The van der Waals surface area contributed by atoms with E-state index < -0.39 is 11.9 Å². The van der Waals surface area contributed by atoms with E-state index in [-0.39, 0.29) is 18.2 Å². The van der Waals surface area contributed by atoms with Gasteiger partial charge in [0.1, 0.15) is 6.04 Å². The Morgan fingerprint density at radius 3 is 2.96 bits per heavy atom. The SMILES string of the molecule is O=C(C[C@@H]1NC(=O)c2ccccc2NC1=O)Nc1nc2c(s1)CCC2. The molecule has 8 heteroatoms. The normalized spacial score (nSPS) is 18.6. The lowest BCUT2D eigenvalue weighted by atomic mass is 10.1. The van der Waals surface area contributed by atoms with Crippen molar-refractivity contribution in [3.63, 3.8) is 0 Å². The van der Waals surface area contributed by atoms with Gasteiger partial charge < -0.3 is 16.0 Å². The van der Waals surface area contributed by atoms with Crippen LogP contribution in [0.1, 0.15) is 33.8 Å². The van der Waals surface area contributed by atoms with Crippen molar-refractivity contribution in [3.05, 3.63) is 40.4 Å². The third kappa shape index (κ3) is 3.12. The molecule has 3 amide bonds. The van der Waals surface area contributed by atoms with E-state index in [2.05, 4.69) is 20.9 Å². The number of carbonyl (C=O) groups is 3. The summed E-state index contributed by atoms with van der Waals surface area (Å²) in [5, 5.41) is 8.59. The summed E-state index contributed by atoms with van der Waals surface area (Å²) in [5.74, 6) is -1.13. The van der Waals surface area contributed by atoms with Gasteiger partial charge in [-0.3, -0.25) is 14.4 Å². The Balaban J connectivity index is 1.44. The van der Waals surface area contributed by atoms with Crippen LogP contribution in [0.3, 0.4) is 0 Å². The maximum Gasteiger partial charge on any atom is 0.254 e. The molecule has 0 saturated heterocycles. The van der Waals surface area contributed by atoms with Gasteiger partial charge in [-0.15, -0.1) is 11.3 Å². The summed E-state index contributed by atoms with van der Waals surface area (Å²) < 4.78 is 0. The number of thiazole rings is 1. The average molecular weight is 356 g/mol. The maximum absolute atomic E-state index is 12.3. The predicted octanol–water partition coefficient (Wildman–Crippen LogP) is 1.71. The Kier molecular flexibility index (Phi) is 3.96. The Morgan fingerprint density at radius 1 is 1.28 bits per heavy atom. The second kappa shape index (κ2) is 6.29. The second-order valence-corrected chi connectivity index (χ2v) is 7.14. The first kappa shape index (κ1) is 15.8. The summed E-state index contributed by atoms with van der Waals surface area (Å²) in [6, 6.07) is 5.82. The van der Waals surface area contributed by atoms with E-state index in [1.807, 2.05) is 0 Å². The fourth-order valence-corrected chi connectivity index (χ4v) is 4.12. The second-order valence-electron chi connectivity index (χ2n) is 6.06. The van der Waals surface area contributed by atoms with Crippen molar-refractivity contribution in [1.29, 1.82) is 0 Å². The Labute approximate surface area is 147 Å². The molecule has 4 rings (SSSR count). The van der Waals surface area contributed by atoms with E-state index in [0.29, 0.717) is 16.4 Å². The summed E-state index contributed by atoms with van der Waals surface area (Å²) in [7, 11) is 0. The number of benzene rings is 1. The number of aryl methyl sites for hydroxylation is 2. The number of anilines is 2. The molecule has 0 spiro atoms. The molecule has 2 heterocycles. The molecule has 128 valence electrons. The van der Waals surface area contributed by atoms with Crippen LogP contribution >= 0.6 is 11.3 Å². The van der Waals surface area contributed by atoms with Crippen LogP contribution in [0, 0.1) is 0 Å². The van der Waals surface area contributed by atoms with Gasteiger partial charge in [0.05, 0.1) is 23.4 Å². The highest BCUT2D eigenvalue weighted by molar-refractivity contribution is 7.15. The van der Waals surface area contributed by atoms with Gasteiger partial charge in [-0.2, -0.15) is 0 Å². The van der Waals surface area contributed by atoms with E-state index in [1.165, 1.54) is 16.2 Å². The first-order valence-corrected chi connectivity index (χ1v) is 8.91. The Hall–Kier alpha value is -2.74. The van der Waals surface area contributed by atoms with Crippen LogP contribution in [0.25, 0.3) is 0 Å². The molecule has 1 atom stereocenters. The largest absolute Gasteiger partial charge is 0.340 e. The average Bonchev–Trinajstić information content (AvgIpc) is 3.12. The fourth-order valence-electron chi connectivity index (χ4n) is 3.05. The van der Waals surface area contributed by atoms with E-state index in [1.54, 1.807) is 24.3 Å². The van der Waals surface area contributed by atoms with Crippen molar-refractivity contribution in [2.24, 2.45) is 0 Å². The van der Waals surface area contributed by atoms with E-state index in [0.717, 1.165) is 25.0 Å². The molecular weight excluding hydrogens is 340 g/mol. The van der Waals surface area contributed by atoms with Gasteiger partial charge in [-0.25, -0.2) is 4.98 Å². The maximum atomic E-state index is 12.3. The van der Waals surface area contributed by atoms with E-state index in [4.69, 9.17) is 0 Å². The number of aromatic nitrogens is 1. The number of amides is 3. The fraction of sp³-hybridized carbons (Fsp3) is 0.294. The highest BCUT2D eigenvalue weighted by Crippen LogP contribution is 2.30. The minimum absolute atomic E-state index is 0.143. The van der Waals surface area contributed by atoms with Crippen LogP contribution in [0.15, 0.2) is 24.3 Å². The standard InChI is InChI=1S/C17H16N4O3S/c22-14(21-17-20-11-6-3-7-13(11)25-17)8-12-16(24)18-10-5-2-1-4-9(10)15(23)19-12/h1-2,4-5,12H,3,6-8H2,(H,18,24)(H,19,23)(H,20,21,22)/t12-/m0/s1. The molecule has 0 radical (unpaired) electrons. The number of fused-ring (bicyclic) bond motifs is 2. The lowest BCUT2D eigenvalue weighted by Crippen LogP contribution is -2.43. The summed E-state index contributed by atoms with van der Waals surface area (Å²) in [6.45, 7) is 0. The molecule has 1 aromatic carbocycles. The summed E-state index contributed by atoms with van der Waals surface area (Å²) in [6.07, 6.45) is 2.91. The zero-order valence-corrected chi connectivity index (χ0v) is 14.1. The van der Waals surface area contributed by atoms with Gasteiger partial charge >= 0.3 is 0 Å². The number of carbonyl (C=O) groups excluding carboxylic acids is 3. The van der Waals surface area contributed by atoms with Gasteiger partial charge in [0.25, 0.3) is 5.91 Å². The molecule has 3 N–H and O–H groups in total. The monoisotopic (exact) mass is 356 g/mol. The lowest BCUT2D eigenvalue weighted by Gasteiger charge is -2.13. The molecule has 1 aliphatic heterocycles. The number of nitrogens with zero attached hydrogens (tertiary/aromatic N) is 1. The number of hydrogen-bond acceptors (Lipinski definition) is 5. The molecule has 0 unspecified atom stereocenters. The van der Waals surface area contributed by atoms with Crippen molar-refractivity contribution in [2.45, 2.75) is 31.7 Å². The number of nitrogens with one attached hydrogen (secondary N) is 3. The van der Waals surface area contributed by atoms with Crippen molar-refractivity contribution in [3.8, 4) is 0 Å².